The molecule has 2 aliphatic rings. The van der Waals surface area contributed by atoms with E-state index in [1.807, 2.05) is 12.1 Å². The maximum Gasteiger partial charge on any atom is 0.273 e. The molecule has 9 nitrogen and oxygen atoms in total. The molecule has 4 heterocycles. The molecule has 5 rings (SSSR count). The van der Waals surface area contributed by atoms with E-state index in [1.54, 1.807) is 17.3 Å². The number of carbonyl (C=O) groups is 1. The summed E-state index contributed by atoms with van der Waals surface area (Å²) < 4.78 is 5.52. The van der Waals surface area contributed by atoms with Gasteiger partial charge in [0, 0.05) is 35.8 Å². The number of amides is 1. The number of nitrogens with two attached hydrogens (primary N) is 1. The number of carbonyl (C=O) groups excluding carboxylic acids is 1. The monoisotopic (exact) mass is 391 g/mol. The molecule has 1 saturated heterocycles. The first-order chi connectivity index (χ1) is 14.2. The van der Waals surface area contributed by atoms with Crippen LogP contribution < -0.4 is 5.73 Å². The maximum atomic E-state index is 13.4. The lowest BCUT2D eigenvalue weighted by atomic mass is 9.94. The van der Waals surface area contributed by atoms with Gasteiger partial charge in [0.2, 0.25) is 17.7 Å². The van der Waals surface area contributed by atoms with Crippen molar-refractivity contribution in [3.05, 3.63) is 47.4 Å². The fourth-order valence-corrected chi connectivity index (χ4v) is 4.18. The molecule has 1 aliphatic carbocycles. The Hall–Kier alpha value is -3.36. The van der Waals surface area contributed by atoms with Crippen molar-refractivity contribution in [2.75, 3.05) is 12.3 Å². The quantitative estimate of drug-likeness (QED) is 0.721. The SMILES string of the molecule is Nc1nc2c(c(C(=O)N3CCC[C@H]3c3nc(-c4cccnc4)no3)n1)CCCC2. The van der Waals surface area contributed by atoms with E-state index in [-0.39, 0.29) is 17.9 Å². The van der Waals surface area contributed by atoms with Gasteiger partial charge in [0.05, 0.1) is 0 Å². The third-order valence-electron chi connectivity index (χ3n) is 5.56. The molecule has 3 aromatic heterocycles. The van der Waals surface area contributed by atoms with Crippen LogP contribution in [0.3, 0.4) is 0 Å². The highest BCUT2D eigenvalue weighted by atomic mass is 16.5. The minimum Gasteiger partial charge on any atom is -0.368 e. The van der Waals surface area contributed by atoms with Gasteiger partial charge in [-0.25, -0.2) is 9.97 Å². The number of pyridine rings is 1. The molecule has 0 saturated carbocycles. The van der Waals surface area contributed by atoms with Crippen LogP contribution in [-0.2, 0) is 12.8 Å². The molecular formula is C20H21N7O2. The Bertz CT molecular complexity index is 1050. The number of anilines is 1. The molecule has 2 N–H and O–H groups in total. The minimum atomic E-state index is -0.268. The summed E-state index contributed by atoms with van der Waals surface area (Å²) in [4.78, 5) is 32.5. The number of nitrogens with zero attached hydrogens (tertiary/aromatic N) is 6. The summed E-state index contributed by atoms with van der Waals surface area (Å²) in [5.41, 5.74) is 8.92. The van der Waals surface area contributed by atoms with Crippen molar-refractivity contribution < 1.29 is 9.32 Å². The number of nitrogen functional groups attached to an aromatic ring is 1. The number of hydrogen-bond acceptors (Lipinski definition) is 8. The second-order valence-electron chi connectivity index (χ2n) is 7.42. The largest absolute Gasteiger partial charge is 0.368 e. The van der Waals surface area contributed by atoms with E-state index in [4.69, 9.17) is 10.3 Å². The molecule has 0 aromatic carbocycles. The smallest absolute Gasteiger partial charge is 0.273 e. The maximum absolute atomic E-state index is 13.4. The van der Waals surface area contributed by atoms with Crippen molar-refractivity contribution in [3.63, 3.8) is 0 Å². The van der Waals surface area contributed by atoms with E-state index in [2.05, 4.69) is 25.1 Å². The average molecular weight is 391 g/mol. The molecule has 29 heavy (non-hydrogen) atoms. The van der Waals surface area contributed by atoms with Gasteiger partial charge in [-0.05, 0) is 50.7 Å². The lowest BCUT2D eigenvalue weighted by molar-refractivity contribution is 0.0702. The number of fused-ring (bicyclic) bond motifs is 1. The fraction of sp³-hybridized carbons (Fsp3) is 0.400. The zero-order valence-corrected chi connectivity index (χ0v) is 15.9. The Morgan fingerprint density at radius 1 is 1.17 bits per heavy atom. The summed E-state index contributed by atoms with van der Waals surface area (Å²) in [5, 5.41) is 4.07. The summed E-state index contributed by atoms with van der Waals surface area (Å²) in [6.45, 7) is 0.618. The summed E-state index contributed by atoms with van der Waals surface area (Å²) >= 11 is 0. The van der Waals surface area contributed by atoms with E-state index in [9.17, 15) is 4.79 Å². The summed E-state index contributed by atoms with van der Waals surface area (Å²) in [6, 6.07) is 3.42. The van der Waals surface area contributed by atoms with Gasteiger partial charge >= 0.3 is 0 Å². The van der Waals surface area contributed by atoms with Gasteiger partial charge in [0.1, 0.15) is 11.7 Å². The third kappa shape index (κ3) is 3.22. The lowest BCUT2D eigenvalue weighted by Crippen LogP contribution is -2.33. The highest BCUT2D eigenvalue weighted by Gasteiger charge is 2.36. The normalized spacial score (nSPS) is 18.6. The molecule has 0 spiro atoms. The molecule has 1 aliphatic heterocycles. The molecule has 1 atom stereocenters. The lowest BCUT2D eigenvalue weighted by Gasteiger charge is -2.24. The van der Waals surface area contributed by atoms with Crippen molar-refractivity contribution in [2.24, 2.45) is 0 Å². The van der Waals surface area contributed by atoms with Gasteiger partial charge < -0.3 is 15.2 Å². The first-order valence-corrected chi connectivity index (χ1v) is 9.91. The zero-order valence-electron chi connectivity index (χ0n) is 15.9. The van der Waals surface area contributed by atoms with Crippen molar-refractivity contribution >= 4 is 11.9 Å². The predicted octanol–water partition coefficient (Wildman–Crippen LogP) is 2.36. The van der Waals surface area contributed by atoms with Crippen LogP contribution in [0.1, 0.15) is 59.4 Å². The average Bonchev–Trinajstić information content (AvgIpc) is 3.42. The molecular weight excluding hydrogens is 370 g/mol. The van der Waals surface area contributed by atoms with Gasteiger partial charge in [-0.1, -0.05) is 5.16 Å². The second kappa shape index (κ2) is 7.23. The van der Waals surface area contributed by atoms with E-state index < -0.39 is 0 Å². The molecule has 0 bridgehead atoms. The van der Waals surface area contributed by atoms with Crippen LogP contribution in [0.5, 0.6) is 0 Å². The first-order valence-electron chi connectivity index (χ1n) is 9.91. The molecule has 148 valence electrons. The summed E-state index contributed by atoms with van der Waals surface area (Å²) in [6.07, 6.45) is 8.74. The number of likely N-dealkylation sites (tertiary alicyclic amines) is 1. The van der Waals surface area contributed by atoms with Crippen molar-refractivity contribution in [1.82, 2.24) is 30.0 Å². The molecule has 0 unspecified atom stereocenters. The van der Waals surface area contributed by atoms with E-state index in [0.717, 1.165) is 55.3 Å². The van der Waals surface area contributed by atoms with Crippen LogP contribution >= 0.6 is 0 Å². The molecule has 9 heteroatoms. The highest BCUT2D eigenvalue weighted by molar-refractivity contribution is 5.94. The van der Waals surface area contributed by atoms with Gasteiger partial charge in [-0.15, -0.1) is 0 Å². The van der Waals surface area contributed by atoms with Crippen LogP contribution in [0.15, 0.2) is 29.0 Å². The Morgan fingerprint density at radius 3 is 2.93 bits per heavy atom. The molecule has 3 aromatic rings. The van der Waals surface area contributed by atoms with Crippen LogP contribution in [0.4, 0.5) is 5.95 Å². The van der Waals surface area contributed by atoms with Crippen LogP contribution in [0.25, 0.3) is 11.4 Å². The first kappa shape index (κ1) is 17.7. The Morgan fingerprint density at radius 2 is 2.07 bits per heavy atom. The Kier molecular flexibility index (Phi) is 4.42. The topological polar surface area (TPSA) is 124 Å². The minimum absolute atomic E-state index is 0.138. The molecule has 0 radical (unpaired) electrons. The summed E-state index contributed by atoms with van der Waals surface area (Å²) in [5.74, 6) is 0.920. The van der Waals surface area contributed by atoms with Crippen LogP contribution in [0, 0.1) is 0 Å². The summed E-state index contributed by atoms with van der Waals surface area (Å²) in [7, 11) is 0. The second-order valence-corrected chi connectivity index (χ2v) is 7.42. The van der Waals surface area contributed by atoms with E-state index in [1.165, 1.54) is 0 Å². The number of aromatic nitrogens is 5. The standard InChI is InChI=1S/C20H21N7O2/c21-20-23-14-7-2-1-6-13(14)16(24-20)19(28)27-10-4-8-15(27)18-25-17(26-29-18)12-5-3-9-22-11-12/h3,5,9,11,15H,1-2,4,6-8,10H2,(H2,21,23,24)/t15-/m0/s1. The Labute approximate surface area is 167 Å². The number of rotatable bonds is 3. The highest BCUT2D eigenvalue weighted by Crippen LogP contribution is 2.34. The van der Waals surface area contributed by atoms with Gasteiger partial charge in [0.15, 0.2) is 0 Å². The Balaban J connectivity index is 1.45. The fourth-order valence-electron chi connectivity index (χ4n) is 4.18. The van der Waals surface area contributed by atoms with Crippen molar-refractivity contribution in [2.45, 2.75) is 44.6 Å². The van der Waals surface area contributed by atoms with Crippen LogP contribution in [0.2, 0.25) is 0 Å². The number of aryl methyl sites for hydroxylation is 1. The van der Waals surface area contributed by atoms with Crippen molar-refractivity contribution in [1.29, 1.82) is 0 Å². The third-order valence-corrected chi connectivity index (χ3v) is 5.56. The zero-order chi connectivity index (χ0) is 19.8. The van der Waals surface area contributed by atoms with E-state index in [0.29, 0.717) is 24.0 Å². The molecule has 1 fully saturated rings. The number of hydrogen-bond donors (Lipinski definition) is 1. The van der Waals surface area contributed by atoms with Crippen LogP contribution in [-0.4, -0.2) is 42.4 Å². The van der Waals surface area contributed by atoms with Gasteiger partial charge in [-0.2, -0.15) is 4.98 Å². The van der Waals surface area contributed by atoms with Crippen molar-refractivity contribution in [3.8, 4) is 11.4 Å². The van der Waals surface area contributed by atoms with Gasteiger partial charge in [-0.3, -0.25) is 9.78 Å². The predicted molar refractivity (Wildman–Crippen MR) is 104 cm³/mol. The molecule has 1 amide bonds. The van der Waals surface area contributed by atoms with E-state index >= 15 is 0 Å². The van der Waals surface area contributed by atoms with Gasteiger partial charge in [0.25, 0.3) is 5.91 Å².